The fourth-order valence-electron chi connectivity index (χ4n) is 0.143. The number of aliphatic hydroxyl groups excluding tert-OH is 1. The van der Waals surface area contributed by atoms with Crippen LogP contribution in [0.4, 0.5) is 0 Å². The Morgan fingerprint density at radius 1 is 1.71 bits per heavy atom. The SMILES string of the molecule is OCC=CC#CBr. The van der Waals surface area contributed by atoms with Crippen LogP contribution in [0.15, 0.2) is 12.2 Å². The fraction of sp³-hybridized carbons (Fsp3) is 0.200. The van der Waals surface area contributed by atoms with Crippen LogP contribution in [0, 0.1) is 10.8 Å². The van der Waals surface area contributed by atoms with Gasteiger partial charge in [0.05, 0.1) is 6.61 Å². The fourth-order valence-corrected chi connectivity index (χ4v) is 0.275. The van der Waals surface area contributed by atoms with Crippen molar-refractivity contribution in [3.05, 3.63) is 12.2 Å². The molecule has 0 aliphatic carbocycles. The molecule has 0 saturated heterocycles. The van der Waals surface area contributed by atoms with E-state index in [2.05, 4.69) is 26.7 Å². The highest BCUT2D eigenvalue weighted by Crippen LogP contribution is 1.70. The standard InChI is InChI=1S/C5H5BrO/c6-4-2-1-3-5-7/h1,3,7H,5H2. The van der Waals surface area contributed by atoms with E-state index in [-0.39, 0.29) is 6.61 Å². The van der Waals surface area contributed by atoms with Crippen molar-refractivity contribution >= 4 is 15.9 Å². The van der Waals surface area contributed by atoms with Gasteiger partial charge in [-0.05, 0) is 10.9 Å². The van der Waals surface area contributed by atoms with Gasteiger partial charge in [0, 0.05) is 15.9 Å². The van der Waals surface area contributed by atoms with Gasteiger partial charge < -0.3 is 5.11 Å². The van der Waals surface area contributed by atoms with Gasteiger partial charge in [-0.15, -0.1) is 0 Å². The molecule has 38 valence electrons. The van der Waals surface area contributed by atoms with E-state index >= 15 is 0 Å². The molecule has 0 radical (unpaired) electrons. The van der Waals surface area contributed by atoms with Crippen molar-refractivity contribution in [1.82, 2.24) is 0 Å². The molecule has 0 aromatic rings. The van der Waals surface area contributed by atoms with Crippen LogP contribution in [0.1, 0.15) is 0 Å². The zero-order valence-corrected chi connectivity index (χ0v) is 5.27. The monoisotopic (exact) mass is 160 g/mol. The summed E-state index contributed by atoms with van der Waals surface area (Å²) in [6, 6.07) is 0. The van der Waals surface area contributed by atoms with E-state index in [1.807, 2.05) is 0 Å². The predicted octanol–water partition coefficient (Wildman–Crippen LogP) is 0.891. The molecule has 1 N–H and O–H groups in total. The maximum absolute atomic E-state index is 8.12. The minimum absolute atomic E-state index is 0.0572. The van der Waals surface area contributed by atoms with Crippen molar-refractivity contribution in [3.8, 4) is 10.8 Å². The van der Waals surface area contributed by atoms with E-state index in [1.165, 1.54) is 0 Å². The Hall–Kier alpha value is -0.260. The molecule has 0 heterocycles. The summed E-state index contributed by atoms with van der Waals surface area (Å²) in [7, 11) is 0. The van der Waals surface area contributed by atoms with Gasteiger partial charge in [-0.1, -0.05) is 12.0 Å². The average Bonchev–Trinajstić information content (AvgIpc) is 1.69. The van der Waals surface area contributed by atoms with E-state index in [1.54, 1.807) is 12.2 Å². The van der Waals surface area contributed by atoms with Crippen molar-refractivity contribution in [3.63, 3.8) is 0 Å². The minimum atomic E-state index is 0.0572. The Kier molecular flexibility index (Phi) is 5.53. The smallest absolute Gasteiger partial charge is 0.0621 e. The van der Waals surface area contributed by atoms with Crippen molar-refractivity contribution in [1.29, 1.82) is 0 Å². The lowest BCUT2D eigenvalue weighted by Gasteiger charge is -1.67. The Labute approximate surface area is 51.2 Å². The van der Waals surface area contributed by atoms with Crippen molar-refractivity contribution in [2.24, 2.45) is 0 Å². The summed E-state index contributed by atoms with van der Waals surface area (Å²) in [5.74, 6) is 2.58. The van der Waals surface area contributed by atoms with Crippen molar-refractivity contribution < 1.29 is 5.11 Å². The maximum Gasteiger partial charge on any atom is 0.0621 e. The lowest BCUT2D eigenvalue weighted by Crippen LogP contribution is -1.66. The highest BCUT2D eigenvalue weighted by Gasteiger charge is 1.57. The largest absolute Gasteiger partial charge is 0.392 e. The zero-order valence-electron chi connectivity index (χ0n) is 3.69. The molecule has 7 heavy (non-hydrogen) atoms. The lowest BCUT2D eigenvalue weighted by molar-refractivity contribution is 0.343. The first-order chi connectivity index (χ1) is 3.41. The summed E-state index contributed by atoms with van der Waals surface area (Å²) in [6.45, 7) is 0.0572. The third-order valence-corrected chi connectivity index (χ3v) is 0.590. The first kappa shape index (κ1) is 6.74. The second kappa shape index (κ2) is 5.74. The third kappa shape index (κ3) is 5.74. The van der Waals surface area contributed by atoms with E-state index in [0.29, 0.717) is 0 Å². The minimum Gasteiger partial charge on any atom is -0.392 e. The molecule has 0 fully saturated rings. The van der Waals surface area contributed by atoms with Crippen LogP contribution in [0.2, 0.25) is 0 Å². The first-order valence-corrected chi connectivity index (χ1v) is 2.58. The van der Waals surface area contributed by atoms with Crippen molar-refractivity contribution in [2.45, 2.75) is 0 Å². The highest BCUT2D eigenvalue weighted by molar-refractivity contribution is 9.12. The van der Waals surface area contributed by atoms with E-state index in [9.17, 15) is 0 Å². The number of allylic oxidation sites excluding steroid dienone is 1. The Morgan fingerprint density at radius 3 is 2.86 bits per heavy atom. The van der Waals surface area contributed by atoms with Crippen LogP contribution in [-0.4, -0.2) is 11.7 Å². The molecule has 0 aliphatic rings. The molecule has 0 atom stereocenters. The first-order valence-electron chi connectivity index (χ1n) is 1.79. The Balaban J connectivity index is 3.21. The summed E-state index contributed by atoms with van der Waals surface area (Å²) in [5, 5.41) is 8.12. The van der Waals surface area contributed by atoms with E-state index in [0.717, 1.165) is 0 Å². The molecule has 0 aliphatic heterocycles. The Bertz CT molecular complexity index is 107. The molecule has 0 unspecified atom stereocenters. The molecule has 0 spiro atoms. The molecule has 2 heteroatoms. The predicted molar refractivity (Wildman–Crippen MR) is 32.9 cm³/mol. The second-order valence-corrected chi connectivity index (χ2v) is 1.22. The van der Waals surface area contributed by atoms with Gasteiger partial charge in [-0.3, -0.25) is 0 Å². The van der Waals surface area contributed by atoms with Crippen molar-refractivity contribution in [2.75, 3.05) is 6.61 Å². The van der Waals surface area contributed by atoms with Gasteiger partial charge in [-0.2, -0.15) is 0 Å². The topological polar surface area (TPSA) is 20.2 Å². The summed E-state index contributed by atoms with van der Waals surface area (Å²) >= 11 is 2.89. The van der Waals surface area contributed by atoms with Gasteiger partial charge in [0.2, 0.25) is 0 Å². The zero-order chi connectivity index (χ0) is 5.54. The number of aliphatic hydroxyl groups is 1. The van der Waals surface area contributed by atoms with Crippen LogP contribution < -0.4 is 0 Å². The van der Waals surface area contributed by atoms with E-state index < -0.39 is 0 Å². The summed E-state index contributed by atoms with van der Waals surface area (Å²) < 4.78 is 0. The molecule has 0 saturated carbocycles. The van der Waals surface area contributed by atoms with Gasteiger partial charge in [0.15, 0.2) is 0 Å². The number of halogens is 1. The molecule has 1 nitrogen and oxygen atoms in total. The van der Waals surface area contributed by atoms with Gasteiger partial charge in [0.1, 0.15) is 0 Å². The third-order valence-electron chi connectivity index (χ3n) is 0.361. The molecule has 0 aromatic carbocycles. The second-order valence-electron chi connectivity index (χ2n) is 0.824. The van der Waals surface area contributed by atoms with Crippen LogP contribution in [0.5, 0.6) is 0 Å². The quantitative estimate of drug-likeness (QED) is 0.566. The normalized spacial score (nSPS) is 8.29. The number of rotatable bonds is 1. The molecule has 0 bridgehead atoms. The number of hydrogen-bond acceptors (Lipinski definition) is 1. The molecular formula is C5H5BrO. The van der Waals surface area contributed by atoms with Crippen LogP contribution in [-0.2, 0) is 0 Å². The molecule has 0 amide bonds. The van der Waals surface area contributed by atoms with Crippen LogP contribution in [0.3, 0.4) is 0 Å². The molecule has 0 aromatic heterocycles. The lowest BCUT2D eigenvalue weighted by atomic mass is 10.5. The van der Waals surface area contributed by atoms with Gasteiger partial charge in [0.25, 0.3) is 0 Å². The Morgan fingerprint density at radius 2 is 2.43 bits per heavy atom. The van der Waals surface area contributed by atoms with Crippen LogP contribution in [0.25, 0.3) is 0 Å². The summed E-state index contributed by atoms with van der Waals surface area (Å²) in [4.78, 5) is 2.47. The molecular weight excluding hydrogens is 156 g/mol. The number of hydrogen-bond donors (Lipinski definition) is 1. The summed E-state index contributed by atoms with van der Waals surface area (Å²) in [6.07, 6.45) is 3.14. The highest BCUT2D eigenvalue weighted by atomic mass is 79.9. The maximum atomic E-state index is 8.12. The van der Waals surface area contributed by atoms with Crippen LogP contribution >= 0.6 is 15.9 Å². The van der Waals surface area contributed by atoms with Gasteiger partial charge >= 0.3 is 0 Å². The molecule has 0 rings (SSSR count). The summed E-state index contributed by atoms with van der Waals surface area (Å²) in [5.41, 5.74) is 0. The van der Waals surface area contributed by atoms with E-state index in [4.69, 9.17) is 5.11 Å². The average molecular weight is 161 g/mol. The van der Waals surface area contributed by atoms with Gasteiger partial charge in [-0.25, -0.2) is 0 Å².